The molecule has 3 aliphatic rings. The van der Waals surface area contributed by atoms with E-state index in [9.17, 15) is 14.4 Å². The standard InChI is InChI=1S/C20H23N3O6/c1-22(14(24)12-27-2)16-17(19(26)15-13(18(16)25)4-3-7-21-15)23-8-5-20(6-9-23)28-10-11-29-20/h3-4,7H,5-6,8-12H2,1-2H3. The van der Waals surface area contributed by atoms with Crippen molar-refractivity contribution in [3.63, 3.8) is 0 Å². The minimum absolute atomic E-state index is 0.0572. The second-order valence-electron chi connectivity index (χ2n) is 7.24. The van der Waals surface area contributed by atoms with Crippen molar-refractivity contribution >= 4 is 17.5 Å². The van der Waals surface area contributed by atoms with E-state index in [4.69, 9.17) is 14.2 Å². The lowest BCUT2D eigenvalue weighted by atomic mass is 9.91. The minimum Gasteiger partial charge on any atom is -0.375 e. The second-order valence-corrected chi connectivity index (χ2v) is 7.24. The average Bonchev–Trinajstić information content (AvgIpc) is 3.19. The van der Waals surface area contributed by atoms with Crippen molar-refractivity contribution < 1.29 is 28.6 Å². The first kappa shape index (κ1) is 19.7. The summed E-state index contributed by atoms with van der Waals surface area (Å²) in [6, 6.07) is 3.16. The van der Waals surface area contributed by atoms with Crippen LogP contribution in [0.1, 0.15) is 33.7 Å². The number of Topliss-reactive ketones (excluding diaryl/α,β-unsaturated/α-hetero) is 2. The van der Waals surface area contributed by atoms with Crippen LogP contribution in [0.2, 0.25) is 0 Å². The Morgan fingerprint density at radius 1 is 1.24 bits per heavy atom. The highest BCUT2D eigenvalue weighted by atomic mass is 16.7. The number of piperidine rings is 1. The summed E-state index contributed by atoms with van der Waals surface area (Å²) in [5.41, 5.74) is 0.560. The number of carbonyl (C=O) groups excluding carboxylic acids is 3. The van der Waals surface area contributed by atoms with Crippen molar-refractivity contribution in [2.75, 3.05) is 47.1 Å². The molecule has 0 radical (unpaired) electrons. The van der Waals surface area contributed by atoms with Crippen molar-refractivity contribution in [2.45, 2.75) is 18.6 Å². The van der Waals surface area contributed by atoms with Crippen molar-refractivity contribution in [1.29, 1.82) is 0 Å². The van der Waals surface area contributed by atoms with Crippen molar-refractivity contribution in [3.05, 3.63) is 41.0 Å². The number of carbonyl (C=O) groups is 3. The molecule has 1 spiro atoms. The van der Waals surface area contributed by atoms with E-state index in [2.05, 4.69) is 4.98 Å². The normalized spacial score (nSPS) is 21.0. The first-order chi connectivity index (χ1) is 14.0. The molecule has 2 aliphatic heterocycles. The zero-order valence-electron chi connectivity index (χ0n) is 16.5. The zero-order chi connectivity index (χ0) is 20.6. The quantitative estimate of drug-likeness (QED) is 0.724. The van der Waals surface area contributed by atoms with Crippen LogP contribution in [-0.2, 0) is 19.0 Å². The number of hydrogen-bond acceptors (Lipinski definition) is 8. The van der Waals surface area contributed by atoms with Gasteiger partial charge in [0.15, 0.2) is 5.79 Å². The van der Waals surface area contributed by atoms with E-state index in [1.165, 1.54) is 25.3 Å². The van der Waals surface area contributed by atoms with Gasteiger partial charge in [-0.25, -0.2) is 0 Å². The van der Waals surface area contributed by atoms with Gasteiger partial charge in [0.25, 0.3) is 5.91 Å². The maximum absolute atomic E-state index is 13.3. The highest BCUT2D eigenvalue weighted by Crippen LogP contribution is 2.36. The second kappa shape index (κ2) is 7.66. The van der Waals surface area contributed by atoms with Crippen LogP contribution in [-0.4, -0.2) is 85.1 Å². The number of likely N-dealkylation sites (N-methyl/N-ethyl adjacent to an activating group) is 1. The smallest absolute Gasteiger partial charge is 0.252 e. The van der Waals surface area contributed by atoms with E-state index in [0.29, 0.717) is 39.1 Å². The van der Waals surface area contributed by atoms with Crippen LogP contribution in [0, 0.1) is 0 Å². The van der Waals surface area contributed by atoms with Gasteiger partial charge in [-0.15, -0.1) is 0 Å². The van der Waals surface area contributed by atoms with Crippen LogP contribution in [0.25, 0.3) is 0 Å². The Morgan fingerprint density at radius 2 is 1.93 bits per heavy atom. The number of amides is 1. The Bertz CT molecular complexity index is 880. The average molecular weight is 401 g/mol. The third-order valence-electron chi connectivity index (χ3n) is 5.55. The number of ketones is 2. The van der Waals surface area contributed by atoms with Gasteiger partial charge in [-0.3, -0.25) is 19.4 Å². The third kappa shape index (κ3) is 3.35. The molecule has 2 fully saturated rings. The SMILES string of the molecule is COCC(=O)N(C)C1=C(N2CCC3(CC2)OCCO3)C(=O)c2ncccc2C1=O. The van der Waals surface area contributed by atoms with Crippen LogP contribution >= 0.6 is 0 Å². The largest absolute Gasteiger partial charge is 0.375 e. The van der Waals surface area contributed by atoms with Gasteiger partial charge in [0, 0.05) is 46.3 Å². The van der Waals surface area contributed by atoms with Crippen LogP contribution < -0.4 is 0 Å². The number of aromatic nitrogens is 1. The molecule has 9 heteroatoms. The molecular formula is C20H23N3O6. The van der Waals surface area contributed by atoms with Crippen molar-refractivity contribution in [2.24, 2.45) is 0 Å². The van der Waals surface area contributed by atoms with Gasteiger partial charge < -0.3 is 24.0 Å². The Labute approximate surface area is 168 Å². The fourth-order valence-electron chi connectivity index (χ4n) is 4.03. The lowest BCUT2D eigenvalue weighted by Gasteiger charge is -2.41. The molecule has 3 heterocycles. The summed E-state index contributed by atoms with van der Waals surface area (Å²) in [5, 5.41) is 0. The number of likely N-dealkylation sites (tertiary alicyclic amines) is 1. The van der Waals surface area contributed by atoms with E-state index < -0.39 is 17.5 Å². The number of methoxy groups -OCH3 is 1. The zero-order valence-corrected chi connectivity index (χ0v) is 16.5. The minimum atomic E-state index is -0.618. The molecule has 4 rings (SSSR count). The molecule has 1 amide bonds. The van der Waals surface area contributed by atoms with E-state index in [1.807, 2.05) is 4.90 Å². The maximum atomic E-state index is 13.3. The summed E-state index contributed by atoms with van der Waals surface area (Å²) in [6.07, 6.45) is 2.62. The molecule has 1 aromatic rings. The molecule has 0 N–H and O–H groups in total. The first-order valence-electron chi connectivity index (χ1n) is 9.54. The number of nitrogens with zero attached hydrogens (tertiary/aromatic N) is 3. The molecule has 0 saturated carbocycles. The molecule has 0 aromatic carbocycles. The number of rotatable bonds is 4. The summed E-state index contributed by atoms with van der Waals surface area (Å²) in [4.78, 5) is 46.2. The Kier molecular flexibility index (Phi) is 5.20. The highest BCUT2D eigenvalue weighted by molar-refractivity contribution is 6.26. The van der Waals surface area contributed by atoms with E-state index in [-0.39, 0.29) is 35.0 Å². The van der Waals surface area contributed by atoms with Gasteiger partial charge in [0.1, 0.15) is 23.7 Å². The molecule has 0 atom stereocenters. The molecule has 1 aromatic heterocycles. The molecule has 2 saturated heterocycles. The number of ether oxygens (including phenoxy) is 3. The van der Waals surface area contributed by atoms with Crippen molar-refractivity contribution in [1.82, 2.24) is 14.8 Å². The van der Waals surface area contributed by atoms with E-state index in [0.717, 1.165) is 0 Å². The fourth-order valence-corrected chi connectivity index (χ4v) is 4.03. The molecule has 29 heavy (non-hydrogen) atoms. The molecule has 9 nitrogen and oxygen atoms in total. The lowest BCUT2D eigenvalue weighted by Crippen LogP contribution is -2.48. The summed E-state index contributed by atoms with van der Waals surface area (Å²) in [5.74, 6) is -1.79. The van der Waals surface area contributed by atoms with E-state index in [1.54, 1.807) is 12.1 Å². The van der Waals surface area contributed by atoms with Gasteiger partial charge >= 0.3 is 0 Å². The summed E-state index contributed by atoms with van der Waals surface area (Å²) < 4.78 is 16.4. The highest BCUT2D eigenvalue weighted by Gasteiger charge is 2.44. The summed E-state index contributed by atoms with van der Waals surface area (Å²) in [7, 11) is 2.89. The fraction of sp³-hybridized carbons (Fsp3) is 0.500. The van der Waals surface area contributed by atoms with Crippen LogP contribution in [0.3, 0.4) is 0 Å². The predicted octanol–water partition coefficient (Wildman–Crippen LogP) is 0.616. The number of fused-ring (bicyclic) bond motifs is 1. The van der Waals surface area contributed by atoms with Gasteiger partial charge in [-0.1, -0.05) is 0 Å². The Balaban J connectivity index is 1.73. The van der Waals surface area contributed by atoms with Crippen LogP contribution in [0.4, 0.5) is 0 Å². The Hall–Kier alpha value is -2.62. The van der Waals surface area contributed by atoms with Gasteiger partial charge in [0.05, 0.1) is 18.8 Å². The maximum Gasteiger partial charge on any atom is 0.252 e. The lowest BCUT2D eigenvalue weighted by molar-refractivity contribution is -0.182. The number of hydrogen-bond donors (Lipinski definition) is 0. The van der Waals surface area contributed by atoms with Crippen molar-refractivity contribution in [3.8, 4) is 0 Å². The van der Waals surface area contributed by atoms with Crippen LogP contribution in [0.15, 0.2) is 29.7 Å². The number of pyridine rings is 1. The molecule has 1 aliphatic carbocycles. The number of allylic oxidation sites excluding steroid dienone is 2. The first-order valence-corrected chi connectivity index (χ1v) is 9.54. The Morgan fingerprint density at radius 3 is 2.59 bits per heavy atom. The third-order valence-corrected chi connectivity index (χ3v) is 5.55. The monoisotopic (exact) mass is 401 g/mol. The molecule has 0 unspecified atom stereocenters. The summed E-state index contributed by atoms with van der Waals surface area (Å²) >= 11 is 0. The van der Waals surface area contributed by atoms with E-state index >= 15 is 0 Å². The van der Waals surface area contributed by atoms with Gasteiger partial charge in [-0.05, 0) is 12.1 Å². The topological polar surface area (TPSA) is 98.3 Å². The predicted molar refractivity (Wildman–Crippen MR) is 100 cm³/mol. The molecule has 154 valence electrons. The summed E-state index contributed by atoms with van der Waals surface area (Å²) in [6.45, 7) is 1.84. The van der Waals surface area contributed by atoms with Gasteiger partial charge in [0.2, 0.25) is 11.6 Å². The molecule has 0 bridgehead atoms. The molecular weight excluding hydrogens is 378 g/mol. The van der Waals surface area contributed by atoms with Gasteiger partial charge in [-0.2, -0.15) is 0 Å². The van der Waals surface area contributed by atoms with Crippen LogP contribution in [0.5, 0.6) is 0 Å².